The Balaban J connectivity index is 2.03. The number of aryl methyl sites for hydroxylation is 1. The van der Waals surface area contributed by atoms with Gasteiger partial charge < -0.3 is 10.4 Å². The molecule has 98 valence electrons. The molecule has 2 N–H and O–H groups in total. The van der Waals surface area contributed by atoms with Crippen LogP contribution in [0.25, 0.3) is 0 Å². The largest absolute Gasteiger partial charge is 0.477 e. The second-order valence-corrected chi connectivity index (χ2v) is 3.88. The van der Waals surface area contributed by atoms with Gasteiger partial charge >= 0.3 is 5.97 Å². The topological polar surface area (TPSA) is 97.1 Å². The summed E-state index contributed by atoms with van der Waals surface area (Å²) in [6.07, 6.45) is 1.77. The Morgan fingerprint density at radius 2 is 2.05 bits per heavy atom. The minimum Gasteiger partial charge on any atom is -0.477 e. The number of hydrogen-bond donors (Lipinski definition) is 2. The summed E-state index contributed by atoms with van der Waals surface area (Å²) in [6.45, 7) is 0.263. The van der Waals surface area contributed by atoms with Crippen molar-refractivity contribution in [3.8, 4) is 0 Å². The number of carbonyl (C=O) groups excluding carboxylic acids is 1. The summed E-state index contributed by atoms with van der Waals surface area (Å²) in [4.78, 5) is 26.3. The van der Waals surface area contributed by atoms with E-state index >= 15 is 0 Å². The van der Waals surface area contributed by atoms with E-state index in [9.17, 15) is 9.59 Å². The van der Waals surface area contributed by atoms with E-state index in [1.165, 1.54) is 18.2 Å². The van der Waals surface area contributed by atoms with Crippen molar-refractivity contribution in [2.24, 2.45) is 7.05 Å². The summed E-state index contributed by atoms with van der Waals surface area (Å²) >= 11 is 0. The Hall–Kier alpha value is -2.70. The standard InChI is InChI=1S/C12H12N4O3/c1-16-6-5-8(15-16)7-13-11(17)9-3-2-4-10(14-9)12(18)19/h2-6H,7H2,1H3,(H,13,17)(H,18,19). The summed E-state index contributed by atoms with van der Waals surface area (Å²) in [5.74, 6) is -1.60. The highest BCUT2D eigenvalue weighted by Gasteiger charge is 2.11. The monoisotopic (exact) mass is 260 g/mol. The lowest BCUT2D eigenvalue weighted by molar-refractivity contribution is 0.0690. The van der Waals surface area contributed by atoms with E-state index < -0.39 is 11.9 Å². The summed E-state index contributed by atoms with van der Waals surface area (Å²) in [5.41, 5.74) is 0.617. The second kappa shape index (κ2) is 5.30. The van der Waals surface area contributed by atoms with E-state index in [0.717, 1.165) is 0 Å². The normalized spacial score (nSPS) is 10.2. The van der Waals surface area contributed by atoms with E-state index in [0.29, 0.717) is 5.69 Å². The van der Waals surface area contributed by atoms with Crippen LogP contribution in [0.1, 0.15) is 26.7 Å². The van der Waals surface area contributed by atoms with Gasteiger partial charge in [0.2, 0.25) is 0 Å². The number of pyridine rings is 1. The molecule has 0 unspecified atom stereocenters. The predicted octanol–water partition coefficient (Wildman–Crippen LogP) is 0.443. The molecule has 0 atom stereocenters. The first kappa shape index (κ1) is 12.7. The minimum atomic E-state index is -1.17. The maximum atomic E-state index is 11.8. The van der Waals surface area contributed by atoms with Crippen LogP contribution in [0.2, 0.25) is 0 Å². The van der Waals surface area contributed by atoms with Gasteiger partial charge in [0, 0.05) is 13.2 Å². The molecule has 2 rings (SSSR count). The van der Waals surface area contributed by atoms with Crippen LogP contribution in [0.5, 0.6) is 0 Å². The molecule has 1 amide bonds. The SMILES string of the molecule is Cn1ccc(CNC(=O)c2cccc(C(=O)O)n2)n1. The van der Waals surface area contributed by atoms with Gasteiger partial charge in [0.1, 0.15) is 11.4 Å². The minimum absolute atomic E-state index is 0.0656. The van der Waals surface area contributed by atoms with E-state index in [-0.39, 0.29) is 17.9 Å². The molecule has 0 saturated heterocycles. The maximum absolute atomic E-state index is 11.8. The average molecular weight is 260 g/mol. The summed E-state index contributed by atoms with van der Waals surface area (Å²) in [7, 11) is 1.78. The smallest absolute Gasteiger partial charge is 0.354 e. The Morgan fingerprint density at radius 3 is 2.68 bits per heavy atom. The third-order valence-electron chi connectivity index (χ3n) is 2.40. The Bertz CT molecular complexity index is 621. The molecule has 19 heavy (non-hydrogen) atoms. The second-order valence-electron chi connectivity index (χ2n) is 3.88. The molecule has 2 heterocycles. The Labute approximate surface area is 108 Å². The lowest BCUT2D eigenvalue weighted by atomic mass is 10.3. The van der Waals surface area contributed by atoms with E-state index in [1.807, 2.05) is 0 Å². The number of nitrogens with zero attached hydrogens (tertiary/aromatic N) is 3. The zero-order chi connectivity index (χ0) is 13.8. The van der Waals surface area contributed by atoms with Gasteiger partial charge in [-0.3, -0.25) is 9.48 Å². The van der Waals surface area contributed by atoms with Gasteiger partial charge in [-0.2, -0.15) is 5.10 Å². The number of aromatic carboxylic acids is 1. The summed E-state index contributed by atoms with van der Waals surface area (Å²) in [5, 5.41) is 15.5. The summed E-state index contributed by atoms with van der Waals surface area (Å²) in [6, 6.07) is 6.05. The van der Waals surface area contributed by atoms with Gasteiger partial charge in [0.05, 0.1) is 12.2 Å². The van der Waals surface area contributed by atoms with Gasteiger partial charge in [0.25, 0.3) is 5.91 Å². The van der Waals surface area contributed by atoms with Crippen LogP contribution in [0.3, 0.4) is 0 Å². The molecule has 7 heteroatoms. The van der Waals surface area contributed by atoms with Crippen molar-refractivity contribution in [2.45, 2.75) is 6.54 Å². The van der Waals surface area contributed by atoms with E-state index in [1.54, 1.807) is 24.0 Å². The highest BCUT2D eigenvalue weighted by Crippen LogP contribution is 2.01. The maximum Gasteiger partial charge on any atom is 0.354 e. The lowest BCUT2D eigenvalue weighted by Crippen LogP contribution is -2.24. The zero-order valence-corrected chi connectivity index (χ0v) is 10.2. The van der Waals surface area contributed by atoms with Gasteiger partial charge in [-0.15, -0.1) is 0 Å². The highest BCUT2D eigenvalue weighted by atomic mass is 16.4. The first-order chi connectivity index (χ1) is 9.06. The lowest BCUT2D eigenvalue weighted by Gasteiger charge is -2.03. The molecule has 0 radical (unpaired) electrons. The first-order valence-electron chi connectivity index (χ1n) is 5.53. The number of hydrogen-bond acceptors (Lipinski definition) is 4. The number of carbonyl (C=O) groups is 2. The van der Waals surface area contributed by atoms with Gasteiger partial charge in [-0.25, -0.2) is 9.78 Å². The van der Waals surface area contributed by atoms with Crippen LogP contribution in [0.15, 0.2) is 30.5 Å². The molecule has 0 aromatic carbocycles. The van der Waals surface area contributed by atoms with E-state index in [4.69, 9.17) is 5.11 Å². The number of carboxylic acids is 1. The van der Waals surface area contributed by atoms with Crippen molar-refractivity contribution in [3.05, 3.63) is 47.5 Å². The van der Waals surface area contributed by atoms with E-state index in [2.05, 4.69) is 15.4 Å². The molecule has 2 aromatic heterocycles. The molecule has 2 aromatic rings. The molecule has 0 aliphatic rings. The average Bonchev–Trinajstić information content (AvgIpc) is 2.82. The van der Waals surface area contributed by atoms with Crippen molar-refractivity contribution in [3.63, 3.8) is 0 Å². The number of aromatic nitrogens is 3. The van der Waals surface area contributed by atoms with Crippen LogP contribution in [0.4, 0.5) is 0 Å². The fourth-order valence-electron chi connectivity index (χ4n) is 1.50. The molecule has 0 aliphatic carbocycles. The number of nitrogens with one attached hydrogen (secondary N) is 1. The van der Waals surface area contributed by atoms with Crippen molar-refractivity contribution < 1.29 is 14.7 Å². The Kier molecular flexibility index (Phi) is 3.56. The third kappa shape index (κ3) is 3.15. The van der Waals surface area contributed by atoms with Crippen molar-refractivity contribution in [2.75, 3.05) is 0 Å². The highest BCUT2D eigenvalue weighted by molar-refractivity contribution is 5.94. The van der Waals surface area contributed by atoms with Crippen molar-refractivity contribution in [1.29, 1.82) is 0 Å². The summed E-state index contributed by atoms with van der Waals surface area (Å²) < 4.78 is 1.63. The molecule has 0 saturated carbocycles. The van der Waals surface area contributed by atoms with Gasteiger partial charge in [0.15, 0.2) is 0 Å². The number of amides is 1. The van der Waals surface area contributed by atoms with Crippen LogP contribution in [-0.2, 0) is 13.6 Å². The molecule has 0 bridgehead atoms. The molecule has 0 fully saturated rings. The van der Waals surface area contributed by atoms with Gasteiger partial charge in [-0.05, 0) is 18.2 Å². The van der Waals surface area contributed by atoms with Crippen LogP contribution >= 0.6 is 0 Å². The molecular formula is C12H12N4O3. The van der Waals surface area contributed by atoms with Gasteiger partial charge in [-0.1, -0.05) is 6.07 Å². The molecular weight excluding hydrogens is 248 g/mol. The molecule has 0 spiro atoms. The van der Waals surface area contributed by atoms with Crippen molar-refractivity contribution in [1.82, 2.24) is 20.1 Å². The molecule has 7 nitrogen and oxygen atoms in total. The van der Waals surface area contributed by atoms with Crippen molar-refractivity contribution >= 4 is 11.9 Å². The number of rotatable bonds is 4. The quantitative estimate of drug-likeness (QED) is 0.831. The Morgan fingerprint density at radius 1 is 1.32 bits per heavy atom. The third-order valence-corrected chi connectivity index (χ3v) is 2.40. The predicted molar refractivity (Wildman–Crippen MR) is 65.6 cm³/mol. The number of carboxylic acid groups (broad SMARTS) is 1. The first-order valence-corrected chi connectivity index (χ1v) is 5.53. The fourth-order valence-corrected chi connectivity index (χ4v) is 1.50. The molecule has 0 aliphatic heterocycles. The zero-order valence-electron chi connectivity index (χ0n) is 10.2. The fraction of sp³-hybridized carbons (Fsp3) is 0.167. The van der Waals surface area contributed by atoms with Crippen LogP contribution in [-0.4, -0.2) is 31.7 Å². The van der Waals surface area contributed by atoms with Crippen LogP contribution in [0, 0.1) is 0 Å². The van der Waals surface area contributed by atoms with Crippen LogP contribution < -0.4 is 5.32 Å².